The molecule has 0 saturated carbocycles. The molecule has 0 spiro atoms. The van der Waals surface area contributed by atoms with Gasteiger partial charge in [0.15, 0.2) is 4.90 Å². The van der Waals surface area contributed by atoms with Gasteiger partial charge in [-0.2, -0.15) is 0 Å². The topological polar surface area (TPSA) is 111 Å². The van der Waals surface area contributed by atoms with Crippen molar-refractivity contribution in [2.45, 2.75) is 38.0 Å². The second-order valence-electron chi connectivity index (χ2n) is 9.20. The monoisotopic (exact) mass is 527 g/mol. The van der Waals surface area contributed by atoms with Gasteiger partial charge >= 0.3 is 5.97 Å². The minimum Gasteiger partial charge on any atom is -0.588 e. The zero-order chi connectivity index (χ0) is 26.2. The van der Waals surface area contributed by atoms with Crippen LogP contribution in [0, 0.1) is 0 Å². The highest BCUT2D eigenvalue weighted by atomic mass is 35.5. The van der Waals surface area contributed by atoms with Gasteiger partial charge in [-0.25, -0.2) is 14.4 Å². The number of hydrogen-bond donors (Lipinski definition) is 2. The number of hydrogen-bond acceptors (Lipinski definition) is 7. The summed E-state index contributed by atoms with van der Waals surface area (Å²) in [5, 5.41) is 2.94. The van der Waals surface area contributed by atoms with E-state index in [1.807, 2.05) is 12.1 Å². The number of benzene rings is 2. The summed E-state index contributed by atoms with van der Waals surface area (Å²) in [7, 11) is 0. The summed E-state index contributed by atoms with van der Waals surface area (Å²) in [5.41, 5.74) is 1.25. The van der Waals surface area contributed by atoms with Gasteiger partial charge in [0.2, 0.25) is 0 Å². The van der Waals surface area contributed by atoms with Crippen LogP contribution in [0.4, 0.5) is 5.69 Å². The maximum absolute atomic E-state index is 13.5. The highest BCUT2D eigenvalue weighted by molar-refractivity contribution is 7.92. The van der Waals surface area contributed by atoms with E-state index in [4.69, 9.17) is 16.3 Å². The number of nitrogens with zero attached hydrogens (tertiary/aromatic N) is 1. The number of nitrogens with one attached hydrogen (secondary N) is 2. The summed E-state index contributed by atoms with van der Waals surface area (Å²) in [6, 6.07) is 10.3. The minimum absolute atomic E-state index is 0.00185. The van der Waals surface area contributed by atoms with E-state index in [0.717, 1.165) is 10.5 Å². The molecule has 1 atom stereocenters. The molecule has 2 heterocycles. The summed E-state index contributed by atoms with van der Waals surface area (Å²) in [6.45, 7) is 8.38. The average Bonchev–Trinajstić information content (AvgIpc) is 3.11. The Bertz CT molecular complexity index is 1300. The third-order valence-electron chi connectivity index (χ3n) is 5.77. The standard InChI is InChI=1S/C26H26ClN3O5S/c1-5-35-25(33)22-19(7-6-14-28-22)30-23(31)20-17(27)12-13-18(21(20)24(30)32)29-36(34)16-10-8-15(9-11-16)26(2,3)4/h6-13,28-29H,5,14H2,1-4H3. The lowest BCUT2D eigenvalue weighted by Gasteiger charge is -2.22. The normalized spacial score (nSPS) is 16.1. The number of imide groups is 1. The maximum Gasteiger partial charge on any atom is 0.356 e. The number of dihydropyridines is 1. The molecule has 10 heteroatoms. The number of esters is 1. The Hall–Kier alpha value is -3.27. The molecule has 188 valence electrons. The van der Waals surface area contributed by atoms with Crippen LogP contribution in [-0.4, -0.2) is 40.4 Å². The Kier molecular flexibility index (Phi) is 7.17. The molecule has 2 aromatic rings. The van der Waals surface area contributed by atoms with Gasteiger partial charge in [0.25, 0.3) is 11.8 Å². The van der Waals surface area contributed by atoms with Gasteiger partial charge in [-0.1, -0.05) is 50.6 Å². The smallest absolute Gasteiger partial charge is 0.356 e. The summed E-state index contributed by atoms with van der Waals surface area (Å²) in [4.78, 5) is 40.8. The highest BCUT2D eigenvalue weighted by Crippen LogP contribution is 2.38. The molecule has 0 radical (unpaired) electrons. The van der Waals surface area contributed by atoms with E-state index in [-0.39, 0.29) is 45.3 Å². The number of ether oxygens (including phenoxy) is 1. The fourth-order valence-electron chi connectivity index (χ4n) is 3.94. The van der Waals surface area contributed by atoms with E-state index in [9.17, 15) is 18.9 Å². The molecule has 0 aromatic heterocycles. The van der Waals surface area contributed by atoms with Crippen LogP contribution < -0.4 is 10.0 Å². The minimum atomic E-state index is -1.72. The number of allylic oxidation sites excluding steroid dienone is 1. The first-order chi connectivity index (χ1) is 17.0. The van der Waals surface area contributed by atoms with Crippen molar-refractivity contribution in [3.8, 4) is 0 Å². The van der Waals surface area contributed by atoms with E-state index < -0.39 is 29.1 Å². The molecule has 8 nitrogen and oxygen atoms in total. The van der Waals surface area contributed by atoms with Crippen molar-refractivity contribution >= 4 is 46.4 Å². The van der Waals surface area contributed by atoms with Gasteiger partial charge in [0.05, 0.1) is 34.1 Å². The van der Waals surface area contributed by atoms with Crippen molar-refractivity contribution in [3.63, 3.8) is 0 Å². The van der Waals surface area contributed by atoms with Crippen LogP contribution in [0.15, 0.2) is 64.8 Å². The van der Waals surface area contributed by atoms with E-state index in [0.29, 0.717) is 11.4 Å². The maximum atomic E-state index is 13.5. The molecule has 2 aliphatic rings. The van der Waals surface area contributed by atoms with Crippen LogP contribution in [0.3, 0.4) is 0 Å². The number of carbonyl (C=O) groups excluding carboxylic acids is 3. The van der Waals surface area contributed by atoms with Crippen LogP contribution in [0.25, 0.3) is 0 Å². The number of anilines is 1. The van der Waals surface area contributed by atoms with Crippen molar-refractivity contribution in [1.82, 2.24) is 10.2 Å². The quantitative estimate of drug-likeness (QED) is 0.327. The SMILES string of the molecule is CCOC(=O)C1=C(N2C(=O)c3c(Cl)ccc(N[S+]([O-])c4ccc(C(C)(C)C)cc4)c3C2=O)C=CCN1. The Morgan fingerprint density at radius 2 is 1.81 bits per heavy atom. The molecule has 0 aliphatic carbocycles. The molecule has 2 amide bonds. The lowest BCUT2D eigenvalue weighted by Crippen LogP contribution is -2.36. The largest absolute Gasteiger partial charge is 0.588 e. The molecule has 4 rings (SSSR count). The highest BCUT2D eigenvalue weighted by Gasteiger charge is 2.43. The van der Waals surface area contributed by atoms with Crippen LogP contribution in [0.1, 0.15) is 54.0 Å². The molecule has 0 bridgehead atoms. The van der Waals surface area contributed by atoms with Crippen molar-refractivity contribution in [3.05, 3.63) is 81.7 Å². The number of fused-ring (bicyclic) bond motifs is 1. The van der Waals surface area contributed by atoms with E-state index in [1.54, 1.807) is 25.1 Å². The average molecular weight is 528 g/mol. The molecule has 2 aromatic carbocycles. The summed E-state index contributed by atoms with van der Waals surface area (Å²) >= 11 is 4.61. The molecular weight excluding hydrogens is 502 g/mol. The number of rotatable bonds is 6. The fourth-order valence-corrected chi connectivity index (χ4v) is 5.05. The fraction of sp³-hybridized carbons (Fsp3) is 0.269. The zero-order valence-electron chi connectivity index (χ0n) is 20.3. The number of halogens is 1. The third kappa shape index (κ3) is 4.74. The first-order valence-electron chi connectivity index (χ1n) is 11.4. The molecule has 0 fully saturated rings. The Morgan fingerprint density at radius 1 is 1.14 bits per heavy atom. The van der Waals surface area contributed by atoms with Crippen LogP contribution in [-0.2, 0) is 26.3 Å². The molecule has 2 N–H and O–H groups in total. The predicted molar refractivity (Wildman–Crippen MR) is 138 cm³/mol. The van der Waals surface area contributed by atoms with Crippen molar-refractivity contribution in [2.75, 3.05) is 17.9 Å². The van der Waals surface area contributed by atoms with Crippen molar-refractivity contribution in [1.29, 1.82) is 0 Å². The predicted octanol–water partition coefficient (Wildman–Crippen LogP) is 4.30. The summed E-state index contributed by atoms with van der Waals surface area (Å²) in [6.07, 6.45) is 3.19. The molecule has 2 aliphatic heterocycles. The first-order valence-corrected chi connectivity index (χ1v) is 12.9. The Morgan fingerprint density at radius 3 is 2.44 bits per heavy atom. The van der Waals surface area contributed by atoms with Crippen molar-refractivity contribution in [2.24, 2.45) is 0 Å². The first kappa shape index (κ1) is 25.8. The van der Waals surface area contributed by atoms with E-state index >= 15 is 0 Å². The second-order valence-corrected chi connectivity index (χ2v) is 10.8. The number of amides is 2. The zero-order valence-corrected chi connectivity index (χ0v) is 21.9. The molecular formula is C26H26ClN3O5S. The Labute approximate surface area is 217 Å². The lowest BCUT2D eigenvalue weighted by atomic mass is 9.87. The summed E-state index contributed by atoms with van der Waals surface area (Å²) < 4.78 is 21.0. The third-order valence-corrected chi connectivity index (χ3v) is 7.20. The molecule has 1 unspecified atom stereocenters. The van der Waals surface area contributed by atoms with Crippen LogP contribution >= 0.6 is 11.6 Å². The van der Waals surface area contributed by atoms with Crippen molar-refractivity contribution < 1.29 is 23.7 Å². The van der Waals surface area contributed by atoms with Gasteiger partial charge in [-0.3, -0.25) is 9.59 Å². The van der Waals surface area contributed by atoms with Gasteiger partial charge < -0.3 is 14.6 Å². The molecule has 0 saturated heterocycles. The molecule has 36 heavy (non-hydrogen) atoms. The summed E-state index contributed by atoms with van der Waals surface area (Å²) in [5.74, 6) is -2.06. The van der Waals surface area contributed by atoms with Gasteiger partial charge in [-0.15, -0.1) is 0 Å². The van der Waals surface area contributed by atoms with Gasteiger partial charge in [0, 0.05) is 6.54 Å². The van der Waals surface area contributed by atoms with Crippen LogP contribution in [0.5, 0.6) is 0 Å². The lowest BCUT2D eigenvalue weighted by molar-refractivity contribution is -0.139. The Balaban J connectivity index is 1.69. The van der Waals surface area contributed by atoms with E-state index in [1.165, 1.54) is 18.2 Å². The van der Waals surface area contributed by atoms with Gasteiger partial charge in [0.1, 0.15) is 17.1 Å². The van der Waals surface area contributed by atoms with Gasteiger partial charge in [-0.05, 0) is 48.2 Å². The van der Waals surface area contributed by atoms with E-state index in [2.05, 4.69) is 30.8 Å². The van der Waals surface area contributed by atoms with Crippen LogP contribution in [0.2, 0.25) is 5.02 Å². The number of carbonyl (C=O) groups is 3. The second kappa shape index (κ2) is 10.0.